The van der Waals surface area contributed by atoms with Gasteiger partial charge < -0.3 is 14.6 Å². The fourth-order valence-corrected chi connectivity index (χ4v) is 3.66. The SMILES string of the molecule is COCCn1c(SCC(=O)N[C@@H](C)CCc2ccccc2)nc(C)c1C. The van der Waals surface area contributed by atoms with Crippen LogP contribution in [0.25, 0.3) is 0 Å². The molecule has 1 aromatic heterocycles. The van der Waals surface area contributed by atoms with E-state index in [1.54, 1.807) is 7.11 Å². The fourth-order valence-electron chi connectivity index (χ4n) is 2.73. The van der Waals surface area contributed by atoms with E-state index in [4.69, 9.17) is 4.74 Å². The summed E-state index contributed by atoms with van der Waals surface area (Å²) in [6.07, 6.45) is 1.90. The molecule has 0 bridgehead atoms. The van der Waals surface area contributed by atoms with Gasteiger partial charge in [0.15, 0.2) is 5.16 Å². The number of imidazole rings is 1. The molecule has 5 nitrogen and oxygen atoms in total. The van der Waals surface area contributed by atoms with Crippen molar-refractivity contribution in [3.8, 4) is 0 Å². The van der Waals surface area contributed by atoms with Gasteiger partial charge in [-0.15, -0.1) is 0 Å². The molecule has 142 valence electrons. The van der Waals surface area contributed by atoms with E-state index in [0.29, 0.717) is 12.4 Å². The summed E-state index contributed by atoms with van der Waals surface area (Å²) < 4.78 is 7.29. The Hall–Kier alpha value is -1.79. The molecule has 0 fully saturated rings. The zero-order chi connectivity index (χ0) is 18.9. The number of rotatable bonds is 10. The summed E-state index contributed by atoms with van der Waals surface area (Å²) in [4.78, 5) is 16.8. The van der Waals surface area contributed by atoms with Gasteiger partial charge >= 0.3 is 0 Å². The van der Waals surface area contributed by atoms with E-state index in [2.05, 4.69) is 33.9 Å². The Kier molecular flexibility index (Phi) is 8.19. The van der Waals surface area contributed by atoms with Crippen molar-refractivity contribution in [2.45, 2.75) is 51.4 Å². The molecule has 6 heteroatoms. The first-order chi connectivity index (χ1) is 12.5. The number of carbonyl (C=O) groups excluding carboxylic acids is 1. The van der Waals surface area contributed by atoms with Crippen LogP contribution in [0.3, 0.4) is 0 Å². The number of benzene rings is 1. The molecule has 0 aliphatic carbocycles. The van der Waals surface area contributed by atoms with Gasteiger partial charge in [-0.05, 0) is 39.2 Å². The Morgan fingerprint density at radius 1 is 1.31 bits per heavy atom. The zero-order valence-corrected chi connectivity index (χ0v) is 16.9. The van der Waals surface area contributed by atoms with E-state index in [-0.39, 0.29) is 11.9 Å². The van der Waals surface area contributed by atoms with Crippen LogP contribution in [0.4, 0.5) is 0 Å². The Morgan fingerprint density at radius 3 is 2.73 bits per heavy atom. The van der Waals surface area contributed by atoms with E-state index in [0.717, 1.165) is 35.9 Å². The smallest absolute Gasteiger partial charge is 0.230 e. The number of ether oxygens (including phenoxy) is 1. The van der Waals surface area contributed by atoms with Crippen LogP contribution in [-0.2, 0) is 22.5 Å². The lowest BCUT2D eigenvalue weighted by Crippen LogP contribution is -2.34. The predicted octanol–water partition coefficient (Wildman–Crippen LogP) is 3.38. The van der Waals surface area contributed by atoms with Crippen molar-refractivity contribution in [1.82, 2.24) is 14.9 Å². The highest BCUT2D eigenvalue weighted by atomic mass is 32.2. The van der Waals surface area contributed by atoms with Gasteiger partial charge in [0.05, 0.1) is 18.1 Å². The number of hydrogen-bond acceptors (Lipinski definition) is 4. The molecule has 0 aliphatic rings. The summed E-state index contributed by atoms with van der Waals surface area (Å²) in [6.45, 7) is 7.48. The standard InChI is InChI=1S/C20H29N3O2S/c1-15(10-11-18-8-6-5-7-9-18)21-19(24)14-26-20-22-16(2)17(3)23(20)12-13-25-4/h5-9,15H,10-14H2,1-4H3,(H,21,24)/t15-/m0/s1. The number of methoxy groups -OCH3 is 1. The van der Waals surface area contributed by atoms with Crippen LogP contribution in [-0.4, -0.2) is 41.0 Å². The maximum absolute atomic E-state index is 12.3. The Morgan fingerprint density at radius 2 is 2.04 bits per heavy atom. The predicted molar refractivity (Wildman–Crippen MR) is 107 cm³/mol. The molecule has 1 heterocycles. The molecule has 2 aromatic rings. The van der Waals surface area contributed by atoms with Crippen molar-refractivity contribution in [2.75, 3.05) is 19.5 Å². The molecule has 0 spiro atoms. The van der Waals surface area contributed by atoms with E-state index < -0.39 is 0 Å². The van der Waals surface area contributed by atoms with Crippen LogP contribution in [0, 0.1) is 13.8 Å². The van der Waals surface area contributed by atoms with Crippen LogP contribution >= 0.6 is 11.8 Å². The van der Waals surface area contributed by atoms with Crippen molar-refractivity contribution in [3.05, 3.63) is 47.3 Å². The molecule has 0 aliphatic heterocycles. The minimum Gasteiger partial charge on any atom is -0.383 e. The first-order valence-electron chi connectivity index (χ1n) is 9.00. The zero-order valence-electron chi connectivity index (χ0n) is 16.1. The molecule has 26 heavy (non-hydrogen) atoms. The number of amides is 1. The highest BCUT2D eigenvalue weighted by Crippen LogP contribution is 2.21. The second kappa shape index (κ2) is 10.4. The summed E-state index contributed by atoms with van der Waals surface area (Å²) in [5.74, 6) is 0.422. The topological polar surface area (TPSA) is 56.1 Å². The molecule has 2 rings (SSSR count). The van der Waals surface area contributed by atoms with Crippen LogP contribution in [0.15, 0.2) is 35.5 Å². The highest BCUT2D eigenvalue weighted by Gasteiger charge is 2.14. The number of aryl methyl sites for hydroxylation is 2. The summed E-state index contributed by atoms with van der Waals surface area (Å²) in [5, 5.41) is 3.96. The first kappa shape index (κ1) is 20.5. The molecular formula is C20H29N3O2S. The summed E-state index contributed by atoms with van der Waals surface area (Å²) in [7, 11) is 1.69. The lowest BCUT2D eigenvalue weighted by Gasteiger charge is -2.14. The normalized spacial score (nSPS) is 12.2. The Bertz CT molecular complexity index is 701. The third kappa shape index (κ3) is 6.18. The van der Waals surface area contributed by atoms with Crippen molar-refractivity contribution < 1.29 is 9.53 Å². The largest absolute Gasteiger partial charge is 0.383 e. The maximum atomic E-state index is 12.3. The monoisotopic (exact) mass is 375 g/mol. The van der Waals surface area contributed by atoms with Gasteiger partial charge in [0.2, 0.25) is 5.91 Å². The van der Waals surface area contributed by atoms with Gasteiger partial charge in [-0.2, -0.15) is 0 Å². The lowest BCUT2D eigenvalue weighted by atomic mass is 10.1. The molecule has 1 aromatic carbocycles. The van der Waals surface area contributed by atoms with Gasteiger partial charge in [-0.25, -0.2) is 4.98 Å². The quantitative estimate of drug-likeness (QED) is 0.647. The van der Waals surface area contributed by atoms with Crippen molar-refractivity contribution in [3.63, 3.8) is 0 Å². The van der Waals surface area contributed by atoms with E-state index in [1.807, 2.05) is 32.0 Å². The van der Waals surface area contributed by atoms with Gasteiger partial charge in [-0.3, -0.25) is 4.79 Å². The first-order valence-corrected chi connectivity index (χ1v) is 9.98. The average molecular weight is 376 g/mol. The Labute approximate surface area is 160 Å². The number of nitrogens with zero attached hydrogens (tertiary/aromatic N) is 2. The van der Waals surface area contributed by atoms with Crippen LogP contribution in [0.1, 0.15) is 30.3 Å². The summed E-state index contributed by atoms with van der Waals surface area (Å²) >= 11 is 1.48. The van der Waals surface area contributed by atoms with Crippen molar-refractivity contribution in [1.29, 1.82) is 0 Å². The van der Waals surface area contributed by atoms with Gasteiger partial charge in [-0.1, -0.05) is 42.1 Å². The van der Waals surface area contributed by atoms with Crippen molar-refractivity contribution >= 4 is 17.7 Å². The van der Waals surface area contributed by atoms with E-state index in [1.165, 1.54) is 17.3 Å². The number of hydrogen-bond donors (Lipinski definition) is 1. The molecule has 1 N–H and O–H groups in total. The third-order valence-corrected chi connectivity index (χ3v) is 5.37. The fraction of sp³-hybridized carbons (Fsp3) is 0.500. The number of nitrogens with one attached hydrogen (secondary N) is 1. The van der Waals surface area contributed by atoms with Crippen LogP contribution in [0.5, 0.6) is 0 Å². The number of aromatic nitrogens is 2. The van der Waals surface area contributed by atoms with Crippen LogP contribution in [0.2, 0.25) is 0 Å². The number of thioether (sulfide) groups is 1. The minimum atomic E-state index is 0.0483. The van der Waals surface area contributed by atoms with Gasteiger partial charge in [0, 0.05) is 25.4 Å². The summed E-state index contributed by atoms with van der Waals surface area (Å²) in [5.41, 5.74) is 3.43. The van der Waals surface area contributed by atoms with E-state index >= 15 is 0 Å². The molecular weight excluding hydrogens is 346 g/mol. The van der Waals surface area contributed by atoms with Gasteiger partial charge in [0.25, 0.3) is 0 Å². The third-order valence-electron chi connectivity index (χ3n) is 4.39. The molecule has 0 radical (unpaired) electrons. The molecule has 0 saturated heterocycles. The van der Waals surface area contributed by atoms with Gasteiger partial charge in [0.1, 0.15) is 0 Å². The minimum absolute atomic E-state index is 0.0483. The molecule has 0 saturated carbocycles. The second-order valence-electron chi connectivity index (χ2n) is 6.49. The van der Waals surface area contributed by atoms with Crippen LogP contribution < -0.4 is 5.32 Å². The average Bonchev–Trinajstić information content (AvgIpc) is 2.91. The number of carbonyl (C=O) groups is 1. The van der Waals surface area contributed by atoms with Crippen molar-refractivity contribution in [2.24, 2.45) is 0 Å². The molecule has 1 atom stereocenters. The summed E-state index contributed by atoms with van der Waals surface area (Å²) in [6, 6.07) is 10.5. The molecule has 1 amide bonds. The van der Waals surface area contributed by atoms with E-state index in [9.17, 15) is 4.79 Å². The second-order valence-corrected chi connectivity index (χ2v) is 7.43. The molecule has 0 unspecified atom stereocenters. The highest BCUT2D eigenvalue weighted by molar-refractivity contribution is 7.99. The lowest BCUT2D eigenvalue weighted by molar-refractivity contribution is -0.119. The maximum Gasteiger partial charge on any atom is 0.230 e. The Balaban J connectivity index is 1.80.